The summed E-state index contributed by atoms with van der Waals surface area (Å²) < 4.78 is 6.29. The fraction of sp³-hybridized carbons (Fsp3) is 0.345. The van der Waals surface area contributed by atoms with E-state index in [9.17, 15) is 9.90 Å². The molecule has 5 heteroatoms. The van der Waals surface area contributed by atoms with E-state index in [1.54, 1.807) is 12.1 Å². The second-order valence-electron chi connectivity index (χ2n) is 9.28. The third-order valence-corrected chi connectivity index (χ3v) is 6.57. The summed E-state index contributed by atoms with van der Waals surface area (Å²) in [5.41, 5.74) is 2.39. The van der Waals surface area contributed by atoms with Gasteiger partial charge < -0.3 is 20.1 Å². The van der Waals surface area contributed by atoms with Crippen molar-refractivity contribution in [1.29, 1.82) is 0 Å². The molecule has 2 N–H and O–H groups in total. The molecule has 0 aliphatic carbocycles. The van der Waals surface area contributed by atoms with E-state index < -0.39 is 5.97 Å². The predicted molar refractivity (Wildman–Crippen MR) is 139 cm³/mol. The van der Waals surface area contributed by atoms with Crippen LogP contribution < -0.4 is 10.1 Å². The van der Waals surface area contributed by atoms with Gasteiger partial charge in [-0.25, -0.2) is 4.79 Å². The van der Waals surface area contributed by atoms with Gasteiger partial charge in [-0.2, -0.15) is 0 Å². The van der Waals surface area contributed by atoms with Gasteiger partial charge in [0.1, 0.15) is 12.4 Å². The Morgan fingerprint density at radius 2 is 1.76 bits per heavy atom. The van der Waals surface area contributed by atoms with Gasteiger partial charge in [-0.15, -0.1) is 0 Å². The van der Waals surface area contributed by atoms with Crippen LogP contribution in [0.4, 0.5) is 0 Å². The first-order chi connectivity index (χ1) is 16.5. The minimum Gasteiger partial charge on any atom is -0.489 e. The first-order valence-corrected chi connectivity index (χ1v) is 12.1. The molecule has 0 radical (unpaired) electrons. The molecule has 178 valence electrons. The van der Waals surface area contributed by atoms with Gasteiger partial charge in [0, 0.05) is 24.0 Å². The Bertz CT molecular complexity index is 1120. The van der Waals surface area contributed by atoms with E-state index in [-0.39, 0.29) is 0 Å². The van der Waals surface area contributed by atoms with Crippen LogP contribution in [-0.2, 0) is 0 Å². The SMILES string of the molecule is CC(C)N1CCC(NCC(=Cc2ccc(C(=O)O)cc2)COc2cccc3ccccc23)CC1. The van der Waals surface area contributed by atoms with Gasteiger partial charge in [0.2, 0.25) is 0 Å². The summed E-state index contributed by atoms with van der Waals surface area (Å²) in [5.74, 6) is -0.0417. The molecule has 34 heavy (non-hydrogen) atoms. The van der Waals surface area contributed by atoms with E-state index in [0.717, 1.165) is 60.1 Å². The number of aromatic carboxylic acids is 1. The molecule has 0 saturated carbocycles. The minimum atomic E-state index is -0.913. The highest BCUT2D eigenvalue weighted by Gasteiger charge is 2.20. The Balaban J connectivity index is 1.47. The molecule has 1 aliphatic rings. The summed E-state index contributed by atoms with van der Waals surface area (Å²) in [5, 5.41) is 15.2. The van der Waals surface area contributed by atoms with E-state index in [0.29, 0.717) is 24.3 Å². The maximum Gasteiger partial charge on any atom is 0.335 e. The predicted octanol–water partition coefficient (Wildman–Crippen LogP) is 5.46. The van der Waals surface area contributed by atoms with Gasteiger partial charge in [-0.3, -0.25) is 0 Å². The molecule has 0 aromatic heterocycles. The number of hydrogen-bond acceptors (Lipinski definition) is 4. The van der Waals surface area contributed by atoms with Gasteiger partial charge in [0.15, 0.2) is 0 Å². The minimum absolute atomic E-state index is 0.292. The Hall–Kier alpha value is -3.15. The lowest BCUT2D eigenvalue weighted by Crippen LogP contribution is -2.45. The van der Waals surface area contributed by atoms with Crippen molar-refractivity contribution in [3.05, 3.63) is 83.4 Å². The number of rotatable bonds is 9. The number of fused-ring (bicyclic) bond motifs is 1. The summed E-state index contributed by atoms with van der Waals surface area (Å²) in [6, 6.07) is 22.4. The Kier molecular flexibility index (Phi) is 7.99. The highest BCUT2D eigenvalue weighted by molar-refractivity contribution is 5.88. The molecule has 1 aliphatic heterocycles. The molecule has 4 rings (SSSR count). The van der Waals surface area contributed by atoms with Gasteiger partial charge in [0.25, 0.3) is 0 Å². The molecule has 0 bridgehead atoms. The number of carboxylic acids is 1. The normalized spacial score (nSPS) is 15.7. The third kappa shape index (κ3) is 6.25. The van der Waals surface area contributed by atoms with Gasteiger partial charge in [0.05, 0.1) is 5.56 Å². The number of carboxylic acid groups (broad SMARTS) is 1. The van der Waals surface area contributed by atoms with Crippen LogP contribution in [0.25, 0.3) is 16.8 Å². The summed E-state index contributed by atoms with van der Waals surface area (Å²) in [6.45, 7) is 7.96. The lowest BCUT2D eigenvalue weighted by molar-refractivity contribution is 0.0697. The third-order valence-electron chi connectivity index (χ3n) is 6.57. The molecule has 1 saturated heterocycles. The summed E-state index contributed by atoms with van der Waals surface area (Å²) in [7, 11) is 0. The Morgan fingerprint density at radius 1 is 1.06 bits per heavy atom. The number of carbonyl (C=O) groups is 1. The van der Waals surface area contributed by atoms with Crippen LogP contribution in [0, 0.1) is 0 Å². The van der Waals surface area contributed by atoms with Crippen molar-refractivity contribution in [2.75, 3.05) is 26.2 Å². The first kappa shape index (κ1) is 24.0. The molecular weight excluding hydrogens is 424 g/mol. The van der Waals surface area contributed by atoms with Crippen LogP contribution >= 0.6 is 0 Å². The summed E-state index contributed by atoms with van der Waals surface area (Å²) in [6.07, 6.45) is 4.39. The van der Waals surface area contributed by atoms with Crippen LogP contribution in [0.15, 0.2) is 72.3 Å². The van der Waals surface area contributed by atoms with Crippen molar-refractivity contribution in [1.82, 2.24) is 10.2 Å². The standard InChI is InChI=1S/C29H34N2O3/c1-21(2)31-16-14-26(15-17-31)30-19-23(18-22-10-12-25(13-11-22)29(32)33)20-34-28-9-5-7-24-6-3-4-8-27(24)28/h3-13,18,21,26,30H,14-17,19-20H2,1-2H3,(H,32,33). The lowest BCUT2D eigenvalue weighted by Gasteiger charge is -2.35. The van der Waals surface area contributed by atoms with Gasteiger partial charge in [-0.05, 0) is 74.5 Å². The summed E-state index contributed by atoms with van der Waals surface area (Å²) in [4.78, 5) is 13.7. The second-order valence-corrected chi connectivity index (χ2v) is 9.28. The van der Waals surface area contributed by atoms with E-state index in [1.165, 1.54) is 0 Å². The van der Waals surface area contributed by atoms with Crippen LogP contribution in [0.1, 0.15) is 42.6 Å². The largest absolute Gasteiger partial charge is 0.489 e. The van der Waals surface area contributed by atoms with Crippen molar-refractivity contribution in [2.45, 2.75) is 38.8 Å². The van der Waals surface area contributed by atoms with Gasteiger partial charge >= 0.3 is 5.97 Å². The quantitative estimate of drug-likeness (QED) is 0.446. The lowest BCUT2D eigenvalue weighted by atomic mass is 10.0. The zero-order valence-corrected chi connectivity index (χ0v) is 20.0. The highest BCUT2D eigenvalue weighted by Crippen LogP contribution is 2.26. The maximum atomic E-state index is 11.2. The molecule has 0 atom stereocenters. The second kappa shape index (κ2) is 11.3. The number of likely N-dealkylation sites (tertiary alicyclic amines) is 1. The van der Waals surface area contributed by atoms with Crippen molar-refractivity contribution >= 4 is 22.8 Å². The first-order valence-electron chi connectivity index (χ1n) is 12.1. The number of hydrogen-bond donors (Lipinski definition) is 2. The molecule has 5 nitrogen and oxygen atoms in total. The number of piperidine rings is 1. The fourth-order valence-electron chi connectivity index (χ4n) is 4.49. The zero-order valence-electron chi connectivity index (χ0n) is 20.0. The number of ether oxygens (including phenoxy) is 1. The van der Waals surface area contributed by atoms with E-state index in [1.807, 2.05) is 36.4 Å². The van der Waals surface area contributed by atoms with Crippen molar-refractivity contribution in [2.24, 2.45) is 0 Å². The molecule has 1 fully saturated rings. The van der Waals surface area contributed by atoms with Gasteiger partial charge in [-0.1, -0.05) is 54.6 Å². The average Bonchev–Trinajstić information content (AvgIpc) is 2.86. The van der Waals surface area contributed by atoms with Crippen LogP contribution in [0.3, 0.4) is 0 Å². The van der Waals surface area contributed by atoms with Crippen LogP contribution in [-0.4, -0.2) is 54.3 Å². The topological polar surface area (TPSA) is 61.8 Å². The molecular formula is C29H34N2O3. The summed E-state index contributed by atoms with van der Waals surface area (Å²) >= 11 is 0. The maximum absolute atomic E-state index is 11.2. The molecule has 0 spiro atoms. The smallest absolute Gasteiger partial charge is 0.335 e. The van der Waals surface area contributed by atoms with Crippen molar-refractivity contribution < 1.29 is 14.6 Å². The van der Waals surface area contributed by atoms with Crippen LogP contribution in [0.5, 0.6) is 5.75 Å². The average molecular weight is 459 g/mol. The zero-order chi connectivity index (χ0) is 23.9. The molecule has 0 unspecified atom stereocenters. The molecule has 3 aromatic carbocycles. The monoisotopic (exact) mass is 458 g/mol. The molecule has 3 aromatic rings. The van der Waals surface area contributed by atoms with Crippen molar-refractivity contribution in [3.63, 3.8) is 0 Å². The Labute approximate surface area is 202 Å². The number of benzene rings is 3. The van der Waals surface area contributed by atoms with Crippen LogP contribution in [0.2, 0.25) is 0 Å². The van der Waals surface area contributed by atoms with Crippen molar-refractivity contribution in [3.8, 4) is 5.75 Å². The van der Waals surface area contributed by atoms with E-state index in [4.69, 9.17) is 4.74 Å². The number of nitrogens with zero attached hydrogens (tertiary/aromatic N) is 1. The van der Waals surface area contributed by atoms with E-state index in [2.05, 4.69) is 48.3 Å². The molecule has 0 amide bonds. The van der Waals surface area contributed by atoms with E-state index >= 15 is 0 Å². The Morgan fingerprint density at radius 3 is 2.47 bits per heavy atom. The molecule has 1 heterocycles. The highest BCUT2D eigenvalue weighted by atomic mass is 16.5. The number of nitrogens with one attached hydrogen (secondary N) is 1. The fourth-order valence-corrected chi connectivity index (χ4v) is 4.49.